The van der Waals surface area contributed by atoms with E-state index in [1.54, 1.807) is 6.26 Å². The van der Waals surface area contributed by atoms with Crippen molar-refractivity contribution in [3.63, 3.8) is 0 Å². The summed E-state index contributed by atoms with van der Waals surface area (Å²) in [5, 5.41) is 3.66. The van der Waals surface area contributed by atoms with Crippen molar-refractivity contribution in [2.45, 2.75) is 38.3 Å². The van der Waals surface area contributed by atoms with Crippen molar-refractivity contribution in [1.82, 2.24) is 10.2 Å². The van der Waals surface area contributed by atoms with Gasteiger partial charge in [-0.1, -0.05) is 0 Å². The molecule has 16 heavy (non-hydrogen) atoms. The van der Waals surface area contributed by atoms with Gasteiger partial charge >= 0.3 is 0 Å². The molecule has 0 radical (unpaired) electrons. The zero-order chi connectivity index (χ0) is 11.4. The highest BCUT2D eigenvalue weighted by Crippen LogP contribution is 2.17. The summed E-state index contributed by atoms with van der Waals surface area (Å²) >= 11 is 0. The van der Waals surface area contributed by atoms with Crippen molar-refractivity contribution in [3.05, 3.63) is 24.2 Å². The van der Waals surface area contributed by atoms with E-state index in [9.17, 15) is 0 Å². The maximum absolute atomic E-state index is 5.42. The molecule has 0 aliphatic carbocycles. The van der Waals surface area contributed by atoms with Gasteiger partial charge in [0, 0.05) is 6.04 Å². The van der Waals surface area contributed by atoms with Crippen LogP contribution < -0.4 is 5.32 Å². The smallest absolute Gasteiger partial charge is 0.120 e. The molecule has 90 valence electrons. The molecule has 1 fully saturated rings. The monoisotopic (exact) mass is 222 g/mol. The second-order valence-electron chi connectivity index (χ2n) is 4.83. The largest absolute Gasteiger partial charge is 0.468 e. The lowest BCUT2D eigenvalue weighted by atomic mass is 10.1. The third-order valence-electron chi connectivity index (χ3n) is 3.41. The highest BCUT2D eigenvalue weighted by Gasteiger charge is 2.18. The molecule has 0 bridgehead atoms. The van der Waals surface area contributed by atoms with Crippen molar-refractivity contribution < 1.29 is 4.42 Å². The Morgan fingerprint density at radius 3 is 3.06 bits per heavy atom. The zero-order valence-electron chi connectivity index (χ0n) is 10.3. The Morgan fingerprint density at radius 2 is 2.31 bits per heavy atom. The Morgan fingerprint density at radius 1 is 1.44 bits per heavy atom. The topological polar surface area (TPSA) is 28.4 Å². The minimum Gasteiger partial charge on any atom is -0.468 e. The van der Waals surface area contributed by atoms with Gasteiger partial charge < -0.3 is 14.6 Å². The van der Waals surface area contributed by atoms with Crippen LogP contribution in [0.2, 0.25) is 0 Å². The number of rotatable bonds is 3. The summed E-state index contributed by atoms with van der Waals surface area (Å²) in [6.45, 7) is 4.60. The lowest BCUT2D eigenvalue weighted by Crippen LogP contribution is -2.32. The average Bonchev–Trinajstić information content (AvgIpc) is 2.72. The van der Waals surface area contributed by atoms with Crippen molar-refractivity contribution in [1.29, 1.82) is 0 Å². The van der Waals surface area contributed by atoms with E-state index < -0.39 is 0 Å². The molecule has 1 aromatic heterocycles. The highest BCUT2D eigenvalue weighted by atomic mass is 16.3. The molecule has 0 aromatic carbocycles. The fraction of sp³-hybridized carbons (Fsp3) is 0.692. The predicted octanol–water partition coefficient (Wildman–Crippen LogP) is 2.41. The molecule has 2 rings (SSSR count). The van der Waals surface area contributed by atoms with E-state index in [2.05, 4.69) is 24.2 Å². The predicted molar refractivity (Wildman–Crippen MR) is 65.4 cm³/mol. The number of likely N-dealkylation sites (tertiary alicyclic amines) is 1. The fourth-order valence-electron chi connectivity index (χ4n) is 2.38. The summed E-state index contributed by atoms with van der Waals surface area (Å²) in [5.74, 6) is 1.04. The molecule has 2 atom stereocenters. The molecule has 0 saturated carbocycles. The third kappa shape index (κ3) is 3.09. The second kappa shape index (κ2) is 5.51. The number of nitrogens with one attached hydrogen (secondary N) is 1. The highest BCUT2D eigenvalue weighted by molar-refractivity contribution is 5.03. The van der Waals surface area contributed by atoms with Gasteiger partial charge in [-0.05, 0) is 58.5 Å². The Kier molecular flexibility index (Phi) is 4.02. The van der Waals surface area contributed by atoms with Gasteiger partial charge in [-0.25, -0.2) is 0 Å². The number of hydrogen-bond donors (Lipinski definition) is 1. The summed E-state index contributed by atoms with van der Waals surface area (Å²) in [5.41, 5.74) is 0. The summed E-state index contributed by atoms with van der Waals surface area (Å²) in [7, 11) is 2.21. The lowest BCUT2D eigenvalue weighted by Gasteiger charge is -2.20. The first-order chi connectivity index (χ1) is 7.75. The Bertz CT molecular complexity index is 297. The molecular weight excluding hydrogens is 200 g/mol. The van der Waals surface area contributed by atoms with Crippen LogP contribution in [-0.2, 0) is 0 Å². The van der Waals surface area contributed by atoms with Crippen LogP contribution in [0, 0.1) is 0 Å². The van der Waals surface area contributed by atoms with Crippen molar-refractivity contribution in [3.8, 4) is 0 Å². The van der Waals surface area contributed by atoms with Gasteiger partial charge in [0.2, 0.25) is 0 Å². The second-order valence-corrected chi connectivity index (χ2v) is 4.83. The lowest BCUT2D eigenvalue weighted by molar-refractivity contribution is 0.334. The van der Waals surface area contributed by atoms with E-state index >= 15 is 0 Å². The Labute approximate surface area is 97.8 Å². The van der Waals surface area contributed by atoms with Crippen LogP contribution in [-0.4, -0.2) is 31.1 Å². The number of hydrogen-bond acceptors (Lipinski definition) is 3. The number of furan rings is 1. The van der Waals surface area contributed by atoms with E-state index in [0.717, 1.165) is 5.76 Å². The molecule has 1 aliphatic rings. The van der Waals surface area contributed by atoms with Gasteiger partial charge in [-0.15, -0.1) is 0 Å². The van der Waals surface area contributed by atoms with E-state index in [4.69, 9.17) is 4.42 Å². The van der Waals surface area contributed by atoms with Crippen LogP contribution in [0.4, 0.5) is 0 Å². The SMILES string of the molecule is C[C@H](NC1CCCN(C)CC1)c1ccco1. The molecule has 1 unspecified atom stereocenters. The molecule has 1 saturated heterocycles. The summed E-state index contributed by atoms with van der Waals surface area (Å²) in [6, 6.07) is 4.95. The summed E-state index contributed by atoms with van der Waals surface area (Å²) < 4.78 is 5.42. The average molecular weight is 222 g/mol. The first-order valence-corrected chi connectivity index (χ1v) is 6.23. The van der Waals surface area contributed by atoms with Gasteiger partial charge in [0.25, 0.3) is 0 Å². The maximum atomic E-state index is 5.42. The molecule has 1 aliphatic heterocycles. The quantitative estimate of drug-likeness (QED) is 0.851. The molecule has 2 heterocycles. The standard InChI is InChI=1S/C13H22N2O/c1-11(13-6-4-10-16-13)14-12-5-3-8-15(2)9-7-12/h4,6,10-12,14H,3,5,7-9H2,1-2H3/t11-,12?/m0/s1. The van der Waals surface area contributed by atoms with E-state index in [0.29, 0.717) is 12.1 Å². The molecule has 3 heteroatoms. The first kappa shape index (κ1) is 11.7. The zero-order valence-corrected chi connectivity index (χ0v) is 10.3. The van der Waals surface area contributed by atoms with Crippen LogP contribution in [0.25, 0.3) is 0 Å². The van der Waals surface area contributed by atoms with Gasteiger partial charge in [0.15, 0.2) is 0 Å². The van der Waals surface area contributed by atoms with Gasteiger partial charge in [0.05, 0.1) is 12.3 Å². The maximum Gasteiger partial charge on any atom is 0.120 e. The molecule has 3 nitrogen and oxygen atoms in total. The first-order valence-electron chi connectivity index (χ1n) is 6.23. The van der Waals surface area contributed by atoms with E-state index in [1.807, 2.05) is 12.1 Å². The van der Waals surface area contributed by atoms with Crippen LogP contribution in [0.5, 0.6) is 0 Å². The van der Waals surface area contributed by atoms with Crippen molar-refractivity contribution in [2.75, 3.05) is 20.1 Å². The van der Waals surface area contributed by atoms with E-state index in [-0.39, 0.29) is 0 Å². The molecule has 1 N–H and O–H groups in total. The van der Waals surface area contributed by atoms with Crippen LogP contribution in [0.1, 0.15) is 38.0 Å². The van der Waals surface area contributed by atoms with Crippen molar-refractivity contribution in [2.24, 2.45) is 0 Å². The summed E-state index contributed by atoms with van der Waals surface area (Å²) in [6.07, 6.45) is 5.55. The molecule has 1 aromatic rings. The van der Waals surface area contributed by atoms with Crippen LogP contribution >= 0.6 is 0 Å². The molecule has 0 spiro atoms. The minimum atomic E-state index is 0.323. The van der Waals surface area contributed by atoms with Gasteiger partial charge in [0.1, 0.15) is 5.76 Å². The third-order valence-corrected chi connectivity index (χ3v) is 3.41. The normalized spacial score (nSPS) is 25.2. The molecule has 0 amide bonds. The van der Waals surface area contributed by atoms with Crippen LogP contribution in [0.3, 0.4) is 0 Å². The van der Waals surface area contributed by atoms with Gasteiger partial charge in [-0.2, -0.15) is 0 Å². The number of nitrogens with zero attached hydrogens (tertiary/aromatic N) is 1. The fourth-order valence-corrected chi connectivity index (χ4v) is 2.38. The summed E-state index contributed by atoms with van der Waals surface area (Å²) in [4.78, 5) is 2.42. The van der Waals surface area contributed by atoms with E-state index in [1.165, 1.54) is 32.4 Å². The van der Waals surface area contributed by atoms with Gasteiger partial charge in [-0.3, -0.25) is 0 Å². The molecular formula is C13H22N2O. The Balaban J connectivity index is 1.84. The van der Waals surface area contributed by atoms with Crippen LogP contribution in [0.15, 0.2) is 22.8 Å². The minimum absolute atomic E-state index is 0.323. The van der Waals surface area contributed by atoms with Crippen molar-refractivity contribution >= 4 is 0 Å². The Hall–Kier alpha value is -0.800.